The van der Waals surface area contributed by atoms with Crippen molar-refractivity contribution in [2.45, 2.75) is 44.6 Å². The molecule has 2 rings (SSSR count). The van der Waals surface area contributed by atoms with Crippen molar-refractivity contribution >= 4 is 5.91 Å². The van der Waals surface area contributed by atoms with E-state index in [4.69, 9.17) is 0 Å². The van der Waals surface area contributed by atoms with Gasteiger partial charge in [0.15, 0.2) is 0 Å². The number of hydrogen-bond donors (Lipinski definition) is 0. The number of likely N-dealkylation sites (tertiary alicyclic amines) is 1. The van der Waals surface area contributed by atoms with Gasteiger partial charge in [0.2, 0.25) is 5.91 Å². The molecule has 14 heavy (non-hydrogen) atoms. The van der Waals surface area contributed by atoms with Crippen molar-refractivity contribution in [1.29, 1.82) is 5.26 Å². The highest BCUT2D eigenvalue weighted by atomic mass is 16.2. The Balaban J connectivity index is 2.35. The zero-order chi connectivity index (χ0) is 10.2. The number of nitriles is 1. The van der Waals surface area contributed by atoms with E-state index in [1.54, 1.807) is 4.90 Å². The van der Waals surface area contributed by atoms with Gasteiger partial charge in [-0.2, -0.15) is 5.26 Å². The van der Waals surface area contributed by atoms with Crippen LogP contribution in [0.2, 0.25) is 0 Å². The smallest absolute Gasteiger partial charge is 0.224 e. The van der Waals surface area contributed by atoms with Crippen molar-refractivity contribution in [1.82, 2.24) is 4.90 Å². The summed E-state index contributed by atoms with van der Waals surface area (Å²) in [5.74, 6) is 0.481. The van der Waals surface area contributed by atoms with Gasteiger partial charge in [-0.3, -0.25) is 4.79 Å². The van der Waals surface area contributed by atoms with Crippen molar-refractivity contribution in [2.24, 2.45) is 5.92 Å². The first kappa shape index (κ1) is 9.51. The van der Waals surface area contributed by atoms with E-state index in [1.807, 2.05) is 6.92 Å². The summed E-state index contributed by atoms with van der Waals surface area (Å²) < 4.78 is 0. The van der Waals surface area contributed by atoms with Gasteiger partial charge in [-0.15, -0.1) is 0 Å². The molecule has 2 atom stereocenters. The first-order chi connectivity index (χ1) is 6.74. The Morgan fingerprint density at radius 2 is 2.43 bits per heavy atom. The molecule has 1 aliphatic carbocycles. The second-order valence-electron chi connectivity index (χ2n) is 4.32. The molecule has 0 radical (unpaired) electrons. The van der Waals surface area contributed by atoms with Crippen LogP contribution in [0, 0.1) is 17.2 Å². The lowest BCUT2D eigenvalue weighted by Crippen LogP contribution is -2.49. The van der Waals surface area contributed by atoms with Gasteiger partial charge in [0.05, 0.1) is 6.07 Å². The van der Waals surface area contributed by atoms with E-state index in [9.17, 15) is 10.1 Å². The van der Waals surface area contributed by atoms with Gasteiger partial charge >= 0.3 is 0 Å². The van der Waals surface area contributed by atoms with Gasteiger partial charge in [-0.05, 0) is 19.8 Å². The lowest BCUT2D eigenvalue weighted by Gasteiger charge is -2.38. The molecule has 0 spiro atoms. The van der Waals surface area contributed by atoms with Crippen molar-refractivity contribution in [3.05, 3.63) is 0 Å². The molecular weight excluding hydrogens is 176 g/mol. The summed E-state index contributed by atoms with van der Waals surface area (Å²) >= 11 is 0. The molecule has 2 fully saturated rings. The number of carbonyl (C=O) groups is 1. The molecule has 1 aliphatic heterocycles. The molecule has 1 saturated heterocycles. The highest BCUT2D eigenvalue weighted by Crippen LogP contribution is 2.45. The Morgan fingerprint density at radius 3 is 3.07 bits per heavy atom. The molecule has 1 saturated carbocycles. The maximum atomic E-state index is 11.7. The number of rotatable bonds is 1. The first-order valence-electron chi connectivity index (χ1n) is 5.46. The van der Waals surface area contributed by atoms with E-state index in [1.165, 1.54) is 6.42 Å². The molecule has 1 amide bonds. The van der Waals surface area contributed by atoms with Crippen LogP contribution in [0.1, 0.15) is 39.0 Å². The second-order valence-corrected chi connectivity index (χ2v) is 4.32. The third-order valence-electron chi connectivity index (χ3n) is 3.75. The summed E-state index contributed by atoms with van der Waals surface area (Å²) in [5, 5.41) is 9.33. The summed E-state index contributed by atoms with van der Waals surface area (Å²) in [7, 11) is 0. The Labute approximate surface area is 84.7 Å². The number of nitrogens with zero attached hydrogens (tertiary/aromatic N) is 2. The van der Waals surface area contributed by atoms with Gasteiger partial charge in [0.25, 0.3) is 0 Å². The maximum absolute atomic E-state index is 11.7. The second kappa shape index (κ2) is 3.27. The van der Waals surface area contributed by atoms with Crippen molar-refractivity contribution in [2.75, 3.05) is 6.54 Å². The molecule has 0 N–H and O–H groups in total. The highest BCUT2D eigenvalue weighted by Gasteiger charge is 2.53. The van der Waals surface area contributed by atoms with Crippen LogP contribution >= 0.6 is 0 Å². The molecule has 0 aromatic rings. The van der Waals surface area contributed by atoms with Crippen molar-refractivity contribution in [3.63, 3.8) is 0 Å². The fraction of sp³-hybridized carbons (Fsp3) is 0.818. The monoisotopic (exact) mass is 192 g/mol. The lowest BCUT2D eigenvalue weighted by molar-refractivity contribution is -0.130. The quantitative estimate of drug-likeness (QED) is 0.634. The van der Waals surface area contributed by atoms with Crippen LogP contribution in [0.4, 0.5) is 0 Å². The number of amides is 1. The minimum atomic E-state index is -0.440. The first-order valence-corrected chi connectivity index (χ1v) is 5.46. The maximum Gasteiger partial charge on any atom is 0.224 e. The predicted molar refractivity (Wildman–Crippen MR) is 52.3 cm³/mol. The predicted octanol–water partition coefficient (Wildman–Crippen LogP) is 1.69. The van der Waals surface area contributed by atoms with E-state index in [0.29, 0.717) is 18.9 Å². The van der Waals surface area contributed by atoms with E-state index >= 15 is 0 Å². The highest BCUT2D eigenvalue weighted by molar-refractivity contribution is 5.81. The van der Waals surface area contributed by atoms with Gasteiger partial charge in [-0.1, -0.05) is 12.8 Å². The minimum Gasteiger partial charge on any atom is -0.324 e. The zero-order valence-corrected chi connectivity index (χ0v) is 8.62. The molecule has 0 aromatic carbocycles. The minimum absolute atomic E-state index is 0.181. The number of carbonyl (C=O) groups excluding carboxylic acids is 1. The molecule has 3 nitrogen and oxygen atoms in total. The van der Waals surface area contributed by atoms with Gasteiger partial charge < -0.3 is 4.90 Å². The standard InChI is InChI=1S/C11H16N2O/c1-2-13-10(14)7-9-5-3-4-6-11(9,13)8-12/h9H,2-7H2,1H3/t9-,11+/m0/s1. The molecular formula is C11H16N2O. The summed E-state index contributed by atoms with van der Waals surface area (Å²) in [6.45, 7) is 2.65. The summed E-state index contributed by atoms with van der Waals surface area (Å²) in [6.07, 6.45) is 4.80. The number of hydrogen-bond acceptors (Lipinski definition) is 2. The van der Waals surface area contributed by atoms with Crippen LogP contribution in [-0.2, 0) is 4.79 Å². The van der Waals surface area contributed by atoms with E-state index in [0.717, 1.165) is 19.3 Å². The summed E-state index contributed by atoms with van der Waals surface area (Å²) in [5.41, 5.74) is -0.440. The largest absolute Gasteiger partial charge is 0.324 e. The SMILES string of the molecule is CCN1C(=O)C[C@@H]2CCCC[C@@]21C#N. The van der Waals surface area contributed by atoms with Crippen LogP contribution in [0.5, 0.6) is 0 Å². The van der Waals surface area contributed by atoms with Crippen LogP contribution in [0.3, 0.4) is 0 Å². The van der Waals surface area contributed by atoms with Crippen LogP contribution < -0.4 is 0 Å². The van der Waals surface area contributed by atoms with Crippen LogP contribution in [0.15, 0.2) is 0 Å². The molecule has 3 heteroatoms. The fourth-order valence-corrected chi connectivity index (χ4v) is 3.06. The third kappa shape index (κ3) is 1.06. The fourth-order valence-electron chi connectivity index (χ4n) is 3.06. The average Bonchev–Trinajstić information content (AvgIpc) is 2.49. The van der Waals surface area contributed by atoms with E-state index in [2.05, 4.69) is 6.07 Å². The van der Waals surface area contributed by atoms with Gasteiger partial charge in [0, 0.05) is 18.9 Å². The normalized spacial score (nSPS) is 36.7. The Morgan fingerprint density at radius 1 is 1.64 bits per heavy atom. The molecule has 0 bridgehead atoms. The van der Waals surface area contributed by atoms with Crippen LogP contribution in [-0.4, -0.2) is 22.9 Å². The topological polar surface area (TPSA) is 44.1 Å². The van der Waals surface area contributed by atoms with Crippen molar-refractivity contribution < 1.29 is 4.79 Å². The average molecular weight is 192 g/mol. The molecule has 76 valence electrons. The van der Waals surface area contributed by atoms with Crippen molar-refractivity contribution in [3.8, 4) is 6.07 Å². The third-order valence-corrected chi connectivity index (χ3v) is 3.75. The number of fused-ring (bicyclic) bond motifs is 1. The van der Waals surface area contributed by atoms with E-state index < -0.39 is 5.54 Å². The molecule has 2 aliphatic rings. The van der Waals surface area contributed by atoms with E-state index in [-0.39, 0.29) is 5.91 Å². The Bertz CT molecular complexity index is 294. The molecule has 1 heterocycles. The summed E-state index contributed by atoms with van der Waals surface area (Å²) in [4.78, 5) is 13.5. The van der Waals surface area contributed by atoms with Gasteiger partial charge in [0.1, 0.15) is 5.54 Å². The van der Waals surface area contributed by atoms with Crippen LogP contribution in [0.25, 0.3) is 0 Å². The zero-order valence-electron chi connectivity index (χ0n) is 8.62. The lowest BCUT2D eigenvalue weighted by atomic mass is 9.74. The van der Waals surface area contributed by atoms with Gasteiger partial charge in [-0.25, -0.2) is 0 Å². The summed E-state index contributed by atoms with van der Waals surface area (Å²) in [6, 6.07) is 2.42. The molecule has 0 unspecified atom stereocenters. The Hall–Kier alpha value is -1.04. The molecule has 0 aromatic heterocycles. The Kier molecular flexibility index (Phi) is 2.22.